The van der Waals surface area contributed by atoms with Crippen LogP contribution in [0, 0.1) is 0 Å². The van der Waals surface area contributed by atoms with Gasteiger partial charge in [-0.25, -0.2) is 4.79 Å². The molecular weight excluding hydrogens is 314 g/mol. The quantitative estimate of drug-likeness (QED) is 0.255. The molecule has 0 N–H and O–H groups in total. The van der Waals surface area contributed by atoms with Crippen molar-refractivity contribution in [1.82, 2.24) is 0 Å². The van der Waals surface area contributed by atoms with Gasteiger partial charge in [0.2, 0.25) is 0 Å². The predicted molar refractivity (Wildman–Crippen MR) is 104 cm³/mol. The number of benzene rings is 1. The molecule has 1 rings (SSSR count). The first-order valence-electron chi connectivity index (χ1n) is 9.57. The second-order valence-electron chi connectivity index (χ2n) is 6.22. The van der Waals surface area contributed by atoms with Gasteiger partial charge in [-0.2, -0.15) is 0 Å². The highest BCUT2D eigenvalue weighted by Crippen LogP contribution is 2.12. The first-order chi connectivity index (χ1) is 12.3. The van der Waals surface area contributed by atoms with Gasteiger partial charge in [0.05, 0.1) is 19.3 Å². The number of nitrogens with zero attached hydrogens (tertiary/aromatic N) is 1. The number of carbonyl (C=O) groups excluding carboxylic acids is 1. The topological polar surface area (TPSA) is 47.9 Å². The maximum Gasteiger partial charge on any atom is 0.338 e. The molecule has 0 amide bonds. The Balaban J connectivity index is 1.97. The van der Waals surface area contributed by atoms with Crippen LogP contribution in [-0.4, -0.2) is 32.4 Å². The van der Waals surface area contributed by atoms with Crippen LogP contribution in [0.5, 0.6) is 5.75 Å². The fourth-order valence-corrected chi connectivity index (χ4v) is 2.49. The molecular formula is C21H33NO3. The molecule has 25 heavy (non-hydrogen) atoms. The lowest BCUT2D eigenvalue weighted by molar-refractivity contribution is 0.0502. The van der Waals surface area contributed by atoms with Gasteiger partial charge >= 0.3 is 5.97 Å². The van der Waals surface area contributed by atoms with Crippen LogP contribution in [0.2, 0.25) is 0 Å². The van der Waals surface area contributed by atoms with Crippen LogP contribution in [-0.2, 0) is 4.74 Å². The molecule has 0 aliphatic rings. The summed E-state index contributed by atoms with van der Waals surface area (Å²) in [5.41, 5.74) is 0.549. The molecule has 0 aliphatic carbocycles. The summed E-state index contributed by atoms with van der Waals surface area (Å²) < 4.78 is 10.3. The number of aliphatic imine (C=N–C) groups is 1. The monoisotopic (exact) mass is 347 g/mol. The summed E-state index contributed by atoms with van der Waals surface area (Å²) in [7, 11) is 1.60. The van der Waals surface area contributed by atoms with Crippen molar-refractivity contribution in [3.8, 4) is 5.75 Å². The van der Waals surface area contributed by atoms with Crippen molar-refractivity contribution in [3.63, 3.8) is 0 Å². The van der Waals surface area contributed by atoms with Gasteiger partial charge < -0.3 is 9.47 Å². The number of unbranched alkanes of at least 4 members (excludes halogenated alkanes) is 7. The Morgan fingerprint density at radius 1 is 1.00 bits per heavy atom. The van der Waals surface area contributed by atoms with Crippen LogP contribution in [0.1, 0.15) is 75.1 Å². The predicted octanol–water partition coefficient (Wildman–Crippen LogP) is 5.45. The van der Waals surface area contributed by atoms with Crippen LogP contribution >= 0.6 is 0 Å². The Kier molecular flexibility index (Phi) is 12.3. The minimum atomic E-state index is -0.289. The fraction of sp³-hybridized carbons (Fsp3) is 0.619. The number of rotatable bonds is 14. The average Bonchev–Trinajstić information content (AvgIpc) is 2.65. The second kappa shape index (κ2) is 14.5. The normalized spacial score (nSPS) is 11.0. The number of hydrogen-bond acceptors (Lipinski definition) is 4. The SMILES string of the molecule is CCCCCCCCCN=CCCCOC(=O)c1ccc(OC)cc1. The summed E-state index contributed by atoms with van der Waals surface area (Å²) in [6.45, 7) is 3.59. The Hall–Kier alpha value is -1.84. The van der Waals surface area contributed by atoms with Crippen molar-refractivity contribution in [2.24, 2.45) is 4.99 Å². The molecule has 4 heteroatoms. The lowest BCUT2D eigenvalue weighted by atomic mass is 10.1. The molecule has 140 valence electrons. The Labute approximate surface area is 152 Å². The number of hydrogen-bond donors (Lipinski definition) is 0. The third-order valence-corrected chi connectivity index (χ3v) is 4.06. The van der Waals surface area contributed by atoms with Crippen molar-refractivity contribution in [2.45, 2.75) is 64.7 Å². The largest absolute Gasteiger partial charge is 0.497 e. The van der Waals surface area contributed by atoms with Gasteiger partial charge in [0.1, 0.15) is 5.75 Å². The van der Waals surface area contributed by atoms with E-state index in [1.54, 1.807) is 31.4 Å². The molecule has 0 aliphatic heterocycles. The van der Waals surface area contributed by atoms with E-state index in [1.807, 2.05) is 6.21 Å². The van der Waals surface area contributed by atoms with Crippen molar-refractivity contribution in [2.75, 3.05) is 20.3 Å². The van der Waals surface area contributed by atoms with E-state index in [9.17, 15) is 4.79 Å². The molecule has 0 bridgehead atoms. The summed E-state index contributed by atoms with van der Waals surface area (Å²) in [6, 6.07) is 6.94. The highest BCUT2D eigenvalue weighted by molar-refractivity contribution is 5.89. The summed E-state index contributed by atoms with van der Waals surface area (Å²) in [5, 5.41) is 0. The molecule has 0 fully saturated rings. The zero-order valence-electron chi connectivity index (χ0n) is 15.8. The molecule has 0 saturated heterocycles. The molecule has 0 heterocycles. The van der Waals surface area contributed by atoms with E-state index in [2.05, 4.69) is 11.9 Å². The Bertz CT molecular complexity index is 482. The van der Waals surface area contributed by atoms with Gasteiger partial charge in [-0.15, -0.1) is 0 Å². The number of esters is 1. The molecule has 0 spiro atoms. The lowest BCUT2D eigenvalue weighted by Crippen LogP contribution is -2.06. The number of ether oxygens (including phenoxy) is 2. The molecule has 0 aromatic heterocycles. The van der Waals surface area contributed by atoms with E-state index in [-0.39, 0.29) is 5.97 Å². The number of methoxy groups -OCH3 is 1. The van der Waals surface area contributed by atoms with E-state index in [0.29, 0.717) is 12.2 Å². The minimum absolute atomic E-state index is 0.289. The zero-order chi connectivity index (χ0) is 18.2. The first-order valence-corrected chi connectivity index (χ1v) is 9.57. The maximum atomic E-state index is 11.8. The molecule has 1 aromatic rings. The van der Waals surface area contributed by atoms with Crippen molar-refractivity contribution >= 4 is 12.2 Å². The van der Waals surface area contributed by atoms with Crippen LogP contribution in [0.3, 0.4) is 0 Å². The van der Waals surface area contributed by atoms with Crippen LogP contribution in [0.25, 0.3) is 0 Å². The molecule has 0 saturated carbocycles. The van der Waals surface area contributed by atoms with Crippen LogP contribution < -0.4 is 4.74 Å². The van der Waals surface area contributed by atoms with Crippen LogP contribution in [0.4, 0.5) is 0 Å². The Morgan fingerprint density at radius 2 is 1.68 bits per heavy atom. The minimum Gasteiger partial charge on any atom is -0.497 e. The fourth-order valence-electron chi connectivity index (χ4n) is 2.49. The first kappa shape index (κ1) is 21.2. The second-order valence-corrected chi connectivity index (χ2v) is 6.22. The summed E-state index contributed by atoms with van der Waals surface area (Å²) in [6.07, 6.45) is 12.8. The lowest BCUT2D eigenvalue weighted by Gasteiger charge is -2.04. The van der Waals surface area contributed by atoms with Crippen molar-refractivity contribution < 1.29 is 14.3 Å². The summed E-state index contributed by atoms with van der Waals surface area (Å²) >= 11 is 0. The molecule has 4 nitrogen and oxygen atoms in total. The van der Waals surface area contributed by atoms with Gasteiger partial charge in [0, 0.05) is 6.54 Å². The molecule has 0 unspecified atom stereocenters. The van der Waals surface area contributed by atoms with Gasteiger partial charge in [-0.3, -0.25) is 4.99 Å². The van der Waals surface area contributed by atoms with Gasteiger partial charge in [0.25, 0.3) is 0 Å². The molecule has 0 atom stereocenters. The van der Waals surface area contributed by atoms with E-state index in [1.165, 1.54) is 44.9 Å². The number of carbonyl (C=O) groups is 1. The Morgan fingerprint density at radius 3 is 2.36 bits per heavy atom. The highest BCUT2D eigenvalue weighted by atomic mass is 16.5. The third-order valence-electron chi connectivity index (χ3n) is 4.06. The van der Waals surface area contributed by atoms with E-state index in [0.717, 1.165) is 25.1 Å². The molecule has 0 radical (unpaired) electrons. The van der Waals surface area contributed by atoms with E-state index in [4.69, 9.17) is 9.47 Å². The van der Waals surface area contributed by atoms with Gasteiger partial charge in [0.15, 0.2) is 0 Å². The average molecular weight is 347 g/mol. The van der Waals surface area contributed by atoms with Crippen molar-refractivity contribution in [3.05, 3.63) is 29.8 Å². The maximum absolute atomic E-state index is 11.8. The van der Waals surface area contributed by atoms with Gasteiger partial charge in [-0.1, -0.05) is 45.4 Å². The highest BCUT2D eigenvalue weighted by Gasteiger charge is 2.06. The third kappa shape index (κ3) is 10.6. The van der Waals surface area contributed by atoms with E-state index < -0.39 is 0 Å². The van der Waals surface area contributed by atoms with E-state index >= 15 is 0 Å². The summed E-state index contributed by atoms with van der Waals surface area (Å²) in [5.74, 6) is 0.441. The smallest absolute Gasteiger partial charge is 0.338 e. The van der Waals surface area contributed by atoms with Crippen molar-refractivity contribution in [1.29, 1.82) is 0 Å². The summed E-state index contributed by atoms with van der Waals surface area (Å²) in [4.78, 5) is 16.3. The van der Waals surface area contributed by atoms with Crippen LogP contribution in [0.15, 0.2) is 29.3 Å². The molecule has 1 aromatic carbocycles. The standard InChI is InChI=1S/C21H33NO3/c1-3-4-5-6-7-8-9-16-22-17-10-11-18-25-21(23)19-12-14-20(24-2)15-13-19/h12-15,17H,3-11,16,18H2,1-2H3. The van der Waals surface area contributed by atoms with Gasteiger partial charge in [-0.05, 0) is 49.7 Å². The zero-order valence-corrected chi connectivity index (χ0v) is 15.8.